The molecule has 0 unspecified atom stereocenters. The van der Waals surface area contributed by atoms with Gasteiger partial charge in [-0.1, -0.05) is 85.7 Å². The first-order chi connectivity index (χ1) is 23.7. The van der Waals surface area contributed by atoms with Crippen molar-refractivity contribution in [3.8, 4) is 0 Å². The smallest absolute Gasteiger partial charge is 0.306 e. The van der Waals surface area contributed by atoms with Crippen molar-refractivity contribution >= 4 is 35.5 Å². The van der Waals surface area contributed by atoms with E-state index in [2.05, 4.69) is 26.6 Å². The number of carboxylic acids is 1. The minimum Gasteiger partial charge on any atom is -0.481 e. The molecule has 14 heteroatoms. The monoisotopic (exact) mass is 719 g/mol. The van der Waals surface area contributed by atoms with Gasteiger partial charge in [0.1, 0.15) is 18.1 Å². The second-order valence-corrected chi connectivity index (χ2v) is 14.9. The van der Waals surface area contributed by atoms with E-state index in [1.807, 2.05) is 58.0 Å². The number of benzene rings is 1. The van der Waals surface area contributed by atoms with Gasteiger partial charge < -0.3 is 41.9 Å². The van der Waals surface area contributed by atoms with Gasteiger partial charge in [0.25, 0.3) is 0 Å². The Morgan fingerprint density at radius 1 is 0.569 bits per heavy atom. The highest BCUT2D eigenvalue weighted by molar-refractivity contribution is 5.93. The van der Waals surface area contributed by atoms with Crippen LogP contribution in [0.4, 0.5) is 0 Å². The number of rotatable bonds is 22. The Bertz CT molecular complexity index is 1290. The highest BCUT2D eigenvalue weighted by Crippen LogP contribution is 2.15. The van der Waals surface area contributed by atoms with Crippen LogP contribution in [0.2, 0.25) is 0 Å². The zero-order valence-corrected chi connectivity index (χ0v) is 31.6. The van der Waals surface area contributed by atoms with Gasteiger partial charge in [-0.05, 0) is 49.0 Å². The fourth-order valence-corrected chi connectivity index (χ4v) is 5.56. The SMILES string of the molecule is CC(C)C[C@H](NC(=O)[C@H](C)NC(=O)C[C@H](O)[C@H](CC(C)C)NC(=O)[C@@H](NC(=O)[C@@H](NC(=O)Cc1ccccc1)C(C)C)C(C)C)[C@@H](O)CC(=O)O. The van der Waals surface area contributed by atoms with Crippen molar-refractivity contribution in [3.63, 3.8) is 0 Å². The van der Waals surface area contributed by atoms with Gasteiger partial charge in [-0.25, -0.2) is 0 Å². The summed E-state index contributed by atoms with van der Waals surface area (Å²) >= 11 is 0. The number of amides is 5. The number of carbonyl (C=O) groups is 6. The molecule has 7 atom stereocenters. The molecule has 0 aliphatic carbocycles. The number of carbonyl (C=O) groups excluding carboxylic acids is 5. The molecule has 5 amide bonds. The van der Waals surface area contributed by atoms with Gasteiger partial charge in [0.05, 0.1) is 43.6 Å². The number of carboxylic acid groups (broad SMARTS) is 1. The average Bonchev–Trinajstić information content (AvgIpc) is 3.00. The third-order valence-electron chi connectivity index (χ3n) is 8.30. The summed E-state index contributed by atoms with van der Waals surface area (Å²) in [6.07, 6.45) is -2.97. The molecule has 1 rings (SSSR count). The topological polar surface area (TPSA) is 223 Å². The first-order valence-electron chi connectivity index (χ1n) is 17.8. The molecule has 0 spiro atoms. The van der Waals surface area contributed by atoms with Crippen molar-refractivity contribution in [1.29, 1.82) is 0 Å². The lowest BCUT2D eigenvalue weighted by Crippen LogP contribution is -2.59. The summed E-state index contributed by atoms with van der Waals surface area (Å²) in [6, 6.07) is 4.40. The van der Waals surface area contributed by atoms with Gasteiger partial charge in [0.2, 0.25) is 29.5 Å². The molecule has 0 heterocycles. The molecule has 0 saturated carbocycles. The lowest BCUT2D eigenvalue weighted by molar-refractivity contribution is -0.140. The van der Waals surface area contributed by atoms with Crippen LogP contribution in [0, 0.1) is 23.7 Å². The zero-order chi connectivity index (χ0) is 39.0. The van der Waals surface area contributed by atoms with E-state index < -0.39 is 84.9 Å². The Kier molecular flexibility index (Phi) is 19.4. The molecule has 0 bridgehead atoms. The molecule has 0 aliphatic heterocycles. The van der Waals surface area contributed by atoms with E-state index >= 15 is 0 Å². The predicted octanol–water partition coefficient (Wildman–Crippen LogP) is 1.66. The first kappa shape index (κ1) is 45.0. The minimum atomic E-state index is -1.35. The Hall–Kier alpha value is -4.04. The van der Waals surface area contributed by atoms with Crippen molar-refractivity contribution in [1.82, 2.24) is 26.6 Å². The number of aliphatic carboxylic acids is 1. The summed E-state index contributed by atoms with van der Waals surface area (Å²) in [4.78, 5) is 76.7. The van der Waals surface area contributed by atoms with Gasteiger partial charge in [0.15, 0.2) is 0 Å². The van der Waals surface area contributed by atoms with Gasteiger partial charge in [0, 0.05) is 0 Å². The van der Waals surface area contributed by atoms with Crippen molar-refractivity contribution in [2.75, 3.05) is 0 Å². The van der Waals surface area contributed by atoms with E-state index in [0.717, 1.165) is 5.56 Å². The normalized spacial score (nSPS) is 15.7. The van der Waals surface area contributed by atoms with Crippen LogP contribution >= 0.6 is 0 Å². The van der Waals surface area contributed by atoms with E-state index in [-0.39, 0.29) is 36.0 Å². The molecule has 51 heavy (non-hydrogen) atoms. The average molecular weight is 720 g/mol. The van der Waals surface area contributed by atoms with Crippen molar-refractivity contribution in [2.45, 2.75) is 137 Å². The van der Waals surface area contributed by atoms with Crippen LogP contribution in [-0.4, -0.2) is 93.2 Å². The van der Waals surface area contributed by atoms with Crippen LogP contribution in [0.15, 0.2) is 30.3 Å². The van der Waals surface area contributed by atoms with Crippen LogP contribution in [0.1, 0.15) is 93.6 Å². The van der Waals surface area contributed by atoms with Crippen molar-refractivity contribution < 1.29 is 44.1 Å². The van der Waals surface area contributed by atoms with Gasteiger partial charge in [-0.3, -0.25) is 28.8 Å². The highest BCUT2D eigenvalue weighted by atomic mass is 16.4. The van der Waals surface area contributed by atoms with Crippen LogP contribution in [-0.2, 0) is 35.2 Å². The second-order valence-electron chi connectivity index (χ2n) is 14.9. The van der Waals surface area contributed by atoms with E-state index in [1.54, 1.807) is 27.7 Å². The first-order valence-corrected chi connectivity index (χ1v) is 17.8. The molecule has 8 N–H and O–H groups in total. The zero-order valence-electron chi connectivity index (χ0n) is 31.6. The fraction of sp³-hybridized carbons (Fsp3) is 0.676. The summed E-state index contributed by atoms with van der Waals surface area (Å²) in [5.41, 5.74) is 0.793. The minimum absolute atomic E-state index is 0.00470. The van der Waals surface area contributed by atoms with Gasteiger partial charge >= 0.3 is 5.97 Å². The third-order valence-corrected chi connectivity index (χ3v) is 8.30. The summed E-state index contributed by atoms with van der Waals surface area (Å²) in [5, 5.41) is 44.0. The predicted molar refractivity (Wildman–Crippen MR) is 193 cm³/mol. The number of nitrogens with one attached hydrogen (secondary N) is 5. The van der Waals surface area contributed by atoms with E-state index in [9.17, 15) is 39.0 Å². The molecular formula is C37H61N5O9. The Labute approximate surface area is 302 Å². The lowest BCUT2D eigenvalue weighted by atomic mass is 9.95. The molecule has 0 saturated heterocycles. The molecule has 0 fully saturated rings. The maximum Gasteiger partial charge on any atom is 0.306 e. The lowest BCUT2D eigenvalue weighted by Gasteiger charge is -2.31. The van der Waals surface area contributed by atoms with Crippen LogP contribution in [0.3, 0.4) is 0 Å². The van der Waals surface area contributed by atoms with Crippen LogP contribution in [0.25, 0.3) is 0 Å². The van der Waals surface area contributed by atoms with Crippen molar-refractivity contribution in [3.05, 3.63) is 35.9 Å². The summed E-state index contributed by atoms with van der Waals surface area (Å²) in [5.74, 6) is -4.55. The standard InChI is InChI=1S/C37H61N5O9/c1-20(2)15-26(28(43)18-31(46)38-24(9)35(49)39-27(16-21(3)4)29(44)19-32(47)48)40-36(50)34(23(7)8)42-37(51)33(22(5)6)41-30(45)17-25-13-11-10-12-14-25/h10-14,20-24,26-29,33-34,43-44H,15-19H2,1-9H3,(H,38,46)(H,39,49)(H,40,50)(H,41,45)(H,42,51)(H,47,48)/t24-,26-,27-,28-,29-,33-,34-/m0/s1. The summed E-state index contributed by atoms with van der Waals surface area (Å²) < 4.78 is 0. The quantitative estimate of drug-likeness (QED) is 0.0872. The highest BCUT2D eigenvalue weighted by Gasteiger charge is 2.34. The maximum absolute atomic E-state index is 13.6. The Morgan fingerprint density at radius 3 is 1.49 bits per heavy atom. The Morgan fingerprint density at radius 2 is 1.02 bits per heavy atom. The largest absolute Gasteiger partial charge is 0.481 e. The third kappa shape index (κ3) is 17.2. The van der Waals surface area contributed by atoms with Crippen LogP contribution in [0.5, 0.6) is 0 Å². The second kappa shape index (κ2) is 22.0. The number of aliphatic hydroxyl groups is 2. The molecule has 0 radical (unpaired) electrons. The van der Waals surface area contributed by atoms with Crippen molar-refractivity contribution in [2.24, 2.45) is 23.7 Å². The Balaban J connectivity index is 2.95. The molecular weight excluding hydrogens is 658 g/mol. The van der Waals surface area contributed by atoms with Gasteiger partial charge in [-0.15, -0.1) is 0 Å². The molecule has 288 valence electrons. The molecule has 0 aliphatic rings. The van der Waals surface area contributed by atoms with Crippen LogP contribution < -0.4 is 26.6 Å². The number of aliphatic hydroxyl groups excluding tert-OH is 2. The fourth-order valence-electron chi connectivity index (χ4n) is 5.56. The molecule has 14 nitrogen and oxygen atoms in total. The molecule has 1 aromatic rings. The van der Waals surface area contributed by atoms with E-state index in [1.165, 1.54) is 6.92 Å². The van der Waals surface area contributed by atoms with E-state index in [4.69, 9.17) is 5.11 Å². The van der Waals surface area contributed by atoms with E-state index in [0.29, 0.717) is 12.8 Å². The summed E-state index contributed by atoms with van der Waals surface area (Å²) in [6.45, 7) is 16.0. The number of hydrogen-bond acceptors (Lipinski definition) is 8. The molecule has 1 aromatic carbocycles. The summed E-state index contributed by atoms with van der Waals surface area (Å²) in [7, 11) is 0. The molecule has 0 aromatic heterocycles. The maximum atomic E-state index is 13.6. The van der Waals surface area contributed by atoms with Gasteiger partial charge in [-0.2, -0.15) is 0 Å². The number of hydrogen-bond donors (Lipinski definition) is 8.